The van der Waals surface area contributed by atoms with E-state index in [1.165, 1.54) is 16.8 Å². The van der Waals surface area contributed by atoms with Crippen molar-refractivity contribution in [2.75, 3.05) is 6.54 Å². The summed E-state index contributed by atoms with van der Waals surface area (Å²) in [6.07, 6.45) is 9.80. The van der Waals surface area contributed by atoms with Gasteiger partial charge in [0.25, 0.3) is 0 Å². The fourth-order valence-electron chi connectivity index (χ4n) is 3.39. The molecule has 4 heterocycles. The Kier molecular flexibility index (Phi) is 5.01. The van der Waals surface area contributed by atoms with Gasteiger partial charge in [-0.25, -0.2) is 24.9 Å². The molecule has 1 aliphatic heterocycles. The number of aromatic nitrogens is 5. The van der Waals surface area contributed by atoms with Crippen LogP contribution in [0.2, 0.25) is 5.02 Å². The molecule has 0 amide bonds. The Morgan fingerprint density at radius 1 is 0.966 bits per heavy atom. The molecule has 6 nitrogen and oxygen atoms in total. The first-order chi connectivity index (χ1) is 14.2. The number of thiazole rings is 1. The second-order valence-corrected chi connectivity index (χ2v) is 8.44. The van der Waals surface area contributed by atoms with Crippen LogP contribution in [0, 0.1) is 0 Å². The molecule has 1 aliphatic rings. The van der Waals surface area contributed by atoms with Crippen molar-refractivity contribution < 1.29 is 0 Å². The smallest absolute Gasteiger partial charge is 0.162 e. The van der Waals surface area contributed by atoms with Crippen LogP contribution in [0.3, 0.4) is 0 Å². The van der Waals surface area contributed by atoms with Crippen molar-refractivity contribution in [3.05, 3.63) is 76.5 Å². The lowest BCUT2D eigenvalue weighted by molar-refractivity contribution is 0.245. The summed E-state index contributed by atoms with van der Waals surface area (Å²) in [5, 5.41) is 1.76. The van der Waals surface area contributed by atoms with Crippen LogP contribution in [0.25, 0.3) is 22.0 Å². The SMILES string of the molecule is Clc1ccc(-c2ncc(CN3CCc4nc(-c5cncnc5)ncc4C3)s2)cc1. The van der Waals surface area contributed by atoms with Crippen molar-refractivity contribution in [2.24, 2.45) is 0 Å². The fraction of sp³-hybridized carbons (Fsp3) is 0.190. The molecule has 0 N–H and O–H groups in total. The van der Waals surface area contributed by atoms with Gasteiger partial charge >= 0.3 is 0 Å². The maximum Gasteiger partial charge on any atom is 0.162 e. The molecular formula is C21H17ClN6S. The van der Waals surface area contributed by atoms with Crippen molar-refractivity contribution in [1.82, 2.24) is 29.8 Å². The van der Waals surface area contributed by atoms with Crippen molar-refractivity contribution in [1.29, 1.82) is 0 Å². The number of halogens is 1. The summed E-state index contributed by atoms with van der Waals surface area (Å²) in [5.41, 5.74) is 4.23. The average Bonchev–Trinajstić information content (AvgIpc) is 3.23. The van der Waals surface area contributed by atoms with Crippen LogP contribution in [0.5, 0.6) is 0 Å². The third kappa shape index (κ3) is 4.03. The molecule has 1 aromatic carbocycles. The molecule has 3 aromatic heterocycles. The van der Waals surface area contributed by atoms with Crippen LogP contribution in [0.4, 0.5) is 0 Å². The molecule has 5 rings (SSSR count). The maximum atomic E-state index is 5.98. The topological polar surface area (TPSA) is 67.7 Å². The van der Waals surface area contributed by atoms with Crippen LogP contribution in [0.1, 0.15) is 16.1 Å². The second-order valence-electron chi connectivity index (χ2n) is 6.89. The van der Waals surface area contributed by atoms with Crippen LogP contribution in [-0.2, 0) is 19.5 Å². The van der Waals surface area contributed by atoms with E-state index >= 15 is 0 Å². The van der Waals surface area contributed by atoms with Gasteiger partial charge in [0, 0.05) is 71.9 Å². The molecule has 0 fully saturated rings. The number of nitrogens with zero attached hydrogens (tertiary/aromatic N) is 6. The predicted octanol–water partition coefficient (Wildman–Crippen LogP) is 4.27. The van der Waals surface area contributed by atoms with Gasteiger partial charge in [-0.15, -0.1) is 11.3 Å². The third-order valence-corrected chi connectivity index (χ3v) is 6.14. The maximum absolute atomic E-state index is 5.98. The van der Waals surface area contributed by atoms with Gasteiger partial charge in [-0.05, 0) is 12.1 Å². The Labute approximate surface area is 177 Å². The largest absolute Gasteiger partial charge is 0.293 e. The van der Waals surface area contributed by atoms with Gasteiger partial charge in [-0.2, -0.15) is 0 Å². The summed E-state index contributed by atoms with van der Waals surface area (Å²) in [6, 6.07) is 7.81. The molecule has 144 valence electrons. The standard InChI is InChI=1S/C21H17ClN6S/c22-17-3-1-14(2-4-17)21-26-10-18(29-21)12-28-6-5-19-16(11-28)9-25-20(27-19)15-7-23-13-24-8-15/h1-4,7-10,13H,5-6,11-12H2. The van der Waals surface area contributed by atoms with E-state index in [4.69, 9.17) is 16.6 Å². The molecule has 0 saturated heterocycles. The fourth-order valence-corrected chi connectivity index (χ4v) is 4.48. The molecule has 0 spiro atoms. The van der Waals surface area contributed by atoms with Crippen LogP contribution >= 0.6 is 22.9 Å². The molecule has 4 aromatic rings. The van der Waals surface area contributed by atoms with E-state index in [9.17, 15) is 0 Å². The van der Waals surface area contributed by atoms with Gasteiger partial charge < -0.3 is 0 Å². The highest BCUT2D eigenvalue weighted by molar-refractivity contribution is 7.15. The highest BCUT2D eigenvalue weighted by atomic mass is 35.5. The highest BCUT2D eigenvalue weighted by Crippen LogP contribution is 2.28. The average molecular weight is 421 g/mol. The zero-order valence-electron chi connectivity index (χ0n) is 15.5. The summed E-state index contributed by atoms with van der Waals surface area (Å²) in [5.74, 6) is 0.688. The molecule has 29 heavy (non-hydrogen) atoms. The highest BCUT2D eigenvalue weighted by Gasteiger charge is 2.20. The van der Waals surface area contributed by atoms with Gasteiger partial charge in [0.05, 0.1) is 11.3 Å². The van der Waals surface area contributed by atoms with Gasteiger partial charge in [0.1, 0.15) is 11.3 Å². The minimum absolute atomic E-state index is 0.688. The van der Waals surface area contributed by atoms with Crippen LogP contribution in [0.15, 0.2) is 55.4 Å². The normalized spacial score (nSPS) is 14.0. The summed E-state index contributed by atoms with van der Waals surface area (Å²) in [4.78, 5) is 25.6. The molecule has 0 saturated carbocycles. The summed E-state index contributed by atoms with van der Waals surface area (Å²) >= 11 is 7.70. The van der Waals surface area contributed by atoms with Crippen LogP contribution < -0.4 is 0 Å². The van der Waals surface area contributed by atoms with Gasteiger partial charge in [-0.3, -0.25) is 4.90 Å². The number of benzene rings is 1. The Hall–Kier alpha value is -2.74. The van der Waals surface area contributed by atoms with Crippen molar-refractivity contribution in [2.45, 2.75) is 19.5 Å². The minimum atomic E-state index is 0.688. The van der Waals surface area contributed by atoms with Gasteiger partial charge in [0.15, 0.2) is 5.82 Å². The van der Waals surface area contributed by atoms with E-state index < -0.39 is 0 Å². The Bertz CT molecular complexity index is 1130. The summed E-state index contributed by atoms with van der Waals surface area (Å²) in [7, 11) is 0. The first-order valence-electron chi connectivity index (χ1n) is 9.28. The van der Waals surface area contributed by atoms with Gasteiger partial charge in [0.2, 0.25) is 0 Å². The molecule has 0 aliphatic carbocycles. The first kappa shape index (κ1) is 18.3. The second kappa shape index (κ2) is 7.94. The number of rotatable bonds is 4. The summed E-state index contributed by atoms with van der Waals surface area (Å²) < 4.78 is 0. The first-order valence-corrected chi connectivity index (χ1v) is 10.5. The molecule has 0 unspecified atom stereocenters. The molecule has 0 radical (unpaired) electrons. The van der Waals surface area contributed by atoms with E-state index in [2.05, 4.69) is 24.8 Å². The van der Waals surface area contributed by atoms with Crippen LogP contribution in [-0.4, -0.2) is 36.4 Å². The summed E-state index contributed by atoms with van der Waals surface area (Å²) in [6.45, 7) is 2.68. The molecule has 0 atom stereocenters. The van der Waals surface area contributed by atoms with E-state index in [-0.39, 0.29) is 0 Å². The lowest BCUT2D eigenvalue weighted by Gasteiger charge is -2.27. The van der Waals surface area contributed by atoms with Crippen molar-refractivity contribution >= 4 is 22.9 Å². The zero-order chi connectivity index (χ0) is 19.6. The molecule has 0 bridgehead atoms. The monoisotopic (exact) mass is 420 g/mol. The quantitative estimate of drug-likeness (QED) is 0.491. The van der Waals surface area contributed by atoms with Crippen molar-refractivity contribution in [3.8, 4) is 22.0 Å². The third-order valence-electron chi connectivity index (χ3n) is 4.86. The van der Waals surface area contributed by atoms with Crippen molar-refractivity contribution in [3.63, 3.8) is 0 Å². The number of hydrogen-bond acceptors (Lipinski definition) is 7. The van der Waals surface area contributed by atoms with E-state index in [1.54, 1.807) is 23.7 Å². The zero-order valence-corrected chi connectivity index (χ0v) is 17.1. The minimum Gasteiger partial charge on any atom is -0.293 e. The number of fused-ring (bicyclic) bond motifs is 1. The van der Waals surface area contributed by atoms with E-state index in [0.29, 0.717) is 5.82 Å². The van der Waals surface area contributed by atoms with E-state index in [0.717, 1.165) is 52.9 Å². The van der Waals surface area contributed by atoms with E-state index in [1.807, 2.05) is 36.7 Å². The lowest BCUT2D eigenvalue weighted by atomic mass is 10.1. The number of hydrogen-bond donors (Lipinski definition) is 0. The Morgan fingerprint density at radius 2 is 1.79 bits per heavy atom. The molecular weight excluding hydrogens is 404 g/mol. The predicted molar refractivity (Wildman–Crippen MR) is 113 cm³/mol. The van der Waals surface area contributed by atoms with Gasteiger partial charge in [-0.1, -0.05) is 23.7 Å². The Morgan fingerprint density at radius 3 is 2.62 bits per heavy atom. The lowest BCUT2D eigenvalue weighted by Crippen LogP contribution is -2.30. The Balaban J connectivity index is 1.29. The molecule has 8 heteroatoms.